The molecule has 74 valence electrons. The summed E-state index contributed by atoms with van der Waals surface area (Å²) in [5, 5.41) is 0. The van der Waals surface area contributed by atoms with E-state index in [1.165, 1.54) is 30.5 Å². The van der Waals surface area contributed by atoms with E-state index in [1.807, 2.05) is 0 Å². The van der Waals surface area contributed by atoms with Crippen LogP contribution in [0.2, 0.25) is 0 Å². The second-order valence-electron chi connectivity index (χ2n) is 4.76. The van der Waals surface area contributed by atoms with Gasteiger partial charge in [0, 0.05) is 11.9 Å². The number of hydrogen-bond acceptors (Lipinski definition) is 1. The topological polar surface area (TPSA) is 12.9 Å². The molecule has 1 saturated carbocycles. The third-order valence-corrected chi connectivity index (χ3v) is 4.16. The molecule has 2 aliphatic rings. The molecule has 3 rings (SSSR count). The zero-order chi connectivity index (χ0) is 9.71. The van der Waals surface area contributed by atoms with E-state index in [2.05, 4.69) is 25.0 Å². The molecule has 0 aromatic carbocycles. The van der Waals surface area contributed by atoms with Crippen molar-refractivity contribution in [1.29, 1.82) is 0 Å². The molecule has 0 saturated heterocycles. The third-order valence-electron chi connectivity index (χ3n) is 4.16. The number of hydrogen-bond donors (Lipinski definition) is 0. The van der Waals surface area contributed by atoms with E-state index in [9.17, 15) is 0 Å². The van der Waals surface area contributed by atoms with Crippen molar-refractivity contribution in [3.8, 4) is 0 Å². The normalized spacial score (nSPS) is 28.1. The molecule has 1 heteroatoms. The van der Waals surface area contributed by atoms with E-state index in [-0.39, 0.29) is 0 Å². The zero-order valence-electron chi connectivity index (χ0n) is 9.01. The molecule has 0 radical (unpaired) electrons. The standard InChI is InChI=1S/C13H17N/c1-3-9-7-14-8(2)12-6-10-4-5-11(10)13(9)12/h7,10-11H,3-6H2,1-2H3. The highest BCUT2D eigenvalue weighted by Crippen LogP contribution is 2.52. The largest absolute Gasteiger partial charge is 0.261 e. The quantitative estimate of drug-likeness (QED) is 0.658. The fraction of sp³-hybridized carbons (Fsp3) is 0.615. The van der Waals surface area contributed by atoms with Crippen LogP contribution < -0.4 is 0 Å². The van der Waals surface area contributed by atoms with E-state index in [0.717, 1.165) is 18.3 Å². The summed E-state index contributed by atoms with van der Waals surface area (Å²) in [5.41, 5.74) is 6.08. The van der Waals surface area contributed by atoms with Gasteiger partial charge in [0.25, 0.3) is 0 Å². The zero-order valence-corrected chi connectivity index (χ0v) is 9.01. The number of nitrogens with zero attached hydrogens (tertiary/aromatic N) is 1. The first-order chi connectivity index (χ1) is 6.81. The van der Waals surface area contributed by atoms with Gasteiger partial charge in [-0.2, -0.15) is 0 Å². The molecule has 1 aromatic heterocycles. The number of aryl methyl sites for hydroxylation is 2. The Kier molecular flexibility index (Phi) is 1.70. The molecular weight excluding hydrogens is 170 g/mol. The minimum atomic E-state index is 0.904. The lowest BCUT2D eigenvalue weighted by molar-refractivity contribution is 0.280. The monoisotopic (exact) mass is 187 g/mol. The summed E-state index contributed by atoms with van der Waals surface area (Å²) in [6.07, 6.45) is 7.44. The number of pyridine rings is 1. The van der Waals surface area contributed by atoms with Crippen molar-refractivity contribution in [3.05, 3.63) is 28.6 Å². The lowest BCUT2D eigenvalue weighted by atomic mass is 9.73. The van der Waals surface area contributed by atoms with Crippen LogP contribution in [-0.4, -0.2) is 4.98 Å². The predicted octanol–water partition coefficient (Wildman–Crippen LogP) is 3.00. The summed E-state index contributed by atoms with van der Waals surface area (Å²) < 4.78 is 0. The summed E-state index contributed by atoms with van der Waals surface area (Å²) in [5.74, 6) is 1.87. The van der Waals surface area contributed by atoms with Crippen LogP contribution in [0.25, 0.3) is 0 Å². The minimum absolute atomic E-state index is 0.904. The van der Waals surface area contributed by atoms with Gasteiger partial charge in [-0.25, -0.2) is 0 Å². The summed E-state index contributed by atoms with van der Waals surface area (Å²) >= 11 is 0. The van der Waals surface area contributed by atoms with Crippen molar-refractivity contribution in [2.24, 2.45) is 5.92 Å². The summed E-state index contributed by atoms with van der Waals surface area (Å²) in [6, 6.07) is 0. The Morgan fingerprint density at radius 2 is 2.29 bits per heavy atom. The first-order valence-corrected chi connectivity index (χ1v) is 5.78. The van der Waals surface area contributed by atoms with E-state index in [4.69, 9.17) is 0 Å². The highest BCUT2D eigenvalue weighted by molar-refractivity contribution is 5.45. The molecular formula is C13H17N. The maximum absolute atomic E-state index is 4.52. The first-order valence-electron chi connectivity index (χ1n) is 5.78. The van der Waals surface area contributed by atoms with Crippen molar-refractivity contribution in [2.45, 2.75) is 45.4 Å². The van der Waals surface area contributed by atoms with Crippen LogP contribution in [0, 0.1) is 12.8 Å². The average molecular weight is 187 g/mol. The maximum atomic E-state index is 4.52. The lowest BCUT2D eigenvalue weighted by Crippen LogP contribution is -2.19. The SMILES string of the molecule is CCc1cnc(C)c2c1C1CCC1C2. The molecule has 0 N–H and O–H groups in total. The molecule has 1 aromatic rings. The van der Waals surface area contributed by atoms with E-state index in [1.54, 1.807) is 11.1 Å². The van der Waals surface area contributed by atoms with Crippen molar-refractivity contribution in [1.82, 2.24) is 4.98 Å². The van der Waals surface area contributed by atoms with Crippen molar-refractivity contribution < 1.29 is 0 Å². The van der Waals surface area contributed by atoms with Crippen LogP contribution in [0.3, 0.4) is 0 Å². The number of fused-ring (bicyclic) bond motifs is 3. The predicted molar refractivity (Wildman–Crippen MR) is 57.5 cm³/mol. The van der Waals surface area contributed by atoms with Crippen molar-refractivity contribution in [2.75, 3.05) is 0 Å². The second-order valence-corrected chi connectivity index (χ2v) is 4.76. The Hall–Kier alpha value is -0.850. The Balaban J connectivity index is 2.17. The Morgan fingerprint density at radius 1 is 1.43 bits per heavy atom. The van der Waals surface area contributed by atoms with Crippen LogP contribution >= 0.6 is 0 Å². The number of rotatable bonds is 1. The molecule has 2 atom stereocenters. The van der Waals surface area contributed by atoms with Gasteiger partial charge in [-0.3, -0.25) is 4.98 Å². The molecule has 0 aliphatic heterocycles. The van der Waals surface area contributed by atoms with Crippen LogP contribution in [0.4, 0.5) is 0 Å². The van der Waals surface area contributed by atoms with Gasteiger partial charge >= 0.3 is 0 Å². The van der Waals surface area contributed by atoms with E-state index >= 15 is 0 Å². The Bertz CT molecular complexity index is 381. The number of aromatic nitrogens is 1. The molecule has 14 heavy (non-hydrogen) atoms. The molecule has 0 spiro atoms. The molecule has 1 nitrogen and oxygen atoms in total. The van der Waals surface area contributed by atoms with Gasteiger partial charge in [0.15, 0.2) is 0 Å². The first kappa shape index (κ1) is 8.46. The van der Waals surface area contributed by atoms with E-state index in [0.29, 0.717) is 0 Å². The molecule has 0 amide bonds. The third kappa shape index (κ3) is 0.930. The van der Waals surface area contributed by atoms with Crippen LogP contribution in [0.15, 0.2) is 6.20 Å². The van der Waals surface area contributed by atoms with Crippen LogP contribution in [-0.2, 0) is 12.8 Å². The highest BCUT2D eigenvalue weighted by atomic mass is 14.7. The van der Waals surface area contributed by atoms with Gasteiger partial charge in [0.2, 0.25) is 0 Å². The van der Waals surface area contributed by atoms with Crippen molar-refractivity contribution >= 4 is 0 Å². The average Bonchev–Trinajstić information content (AvgIpc) is 2.40. The lowest BCUT2D eigenvalue weighted by Gasteiger charge is -2.31. The van der Waals surface area contributed by atoms with Crippen LogP contribution in [0.1, 0.15) is 48.1 Å². The highest BCUT2D eigenvalue weighted by Gasteiger charge is 2.41. The van der Waals surface area contributed by atoms with Gasteiger partial charge in [-0.1, -0.05) is 6.92 Å². The van der Waals surface area contributed by atoms with Gasteiger partial charge < -0.3 is 0 Å². The van der Waals surface area contributed by atoms with Crippen molar-refractivity contribution in [3.63, 3.8) is 0 Å². The summed E-state index contributed by atoms with van der Waals surface area (Å²) in [7, 11) is 0. The molecule has 2 aliphatic carbocycles. The van der Waals surface area contributed by atoms with E-state index < -0.39 is 0 Å². The summed E-state index contributed by atoms with van der Waals surface area (Å²) in [6.45, 7) is 4.42. The molecule has 2 unspecified atom stereocenters. The minimum Gasteiger partial charge on any atom is -0.261 e. The molecule has 1 fully saturated rings. The van der Waals surface area contributed by atoms with Gasteiger partial charge in [-0.15, -0.1) is 0 Å². The fourth-order valence-electron chi connectivity index (χ4n) is 3.17. The fourth-order valence-corrected chi connectivity index (χ4v) is 3.17. The van der Waals surface area contributed by atoms with Gasteiger partial charge in [0.05, 0.1) is 0 Å². The van der Waals surface area contributed by atoms with Gasteiger partial charge in [0.1, 0.15) is 0 Å². The molecule has 1 heterocycles. The maximum Gasteiger partial charge on any atom is 0.0407 e. The van der Waals surface area contributed by atoms with Crippen LogP contribution in [0.5, 0.6) is 0 Å². The Labute approximate surface area is 85.6 Å². The Morgan fingerprint density at radius 3 is 2.93 bits per heavy atom. The molecule has 0 bridgehead atoms. The smallest absolute Gasteiger partial charge is 0.0407 e. The van der Waals surface area contributed by atoms with Gasteiger partial charge in [-0.05, 0) is 61.1 Å². The second kappa shape index (κ2) is 2.82. The summed E-state index contributed by atoms with van der Waals surface area (Å²) in [4.78, 5) is 4.52.